The van der Waals surface area contributed by atoms with Gasteiger partial charge in [0.15, 0.2) is 0 Å². The third kappa shape index (κ3) is 4.20. The first-order valence-electron chi connectivity index (χ1n) is 6.95. The molecule has 114 valence electrons. The maximum absolute atomic E-state index is 11.8. The number of hydrogen-bond donors (Lipinski definition) is 2. The first kappa shape index (κ1) is 15.8. The van der Waals surface area contributed by atoms with Gasteiger partial charge in [0.1, 0.15) is 11.3 Å². The highest BCUT2D eigenvalue weighted by Crippen LogP contribution is 2.32. The molecule has 1 aliphatic carbocycles. The van der Waals surface area contributed by atoms with E-state index < -0.39 is 11.5 Å². The molecule has 2 rings (SSSR count). The maximum Gasteiger partial charge on any atom is 0.329 e. The van der Waals surface area contributed by atoms with E-state index in [0.29, 0.717) is 25.9 Å². The standard InChI is InChI=1S/C15H18BrNO4/c16-11-4-1-5-12(10-11)21-9-2-6-13(18)17-15(14(19)20)7-3-8-15/h1,4-5,10H,2-3,6-9H2,(H,17,18)(H,19,20). The summed E-state index contributed by atoms with van der Waals surface area (Å²) in [4.78, 5) is 22.9. The van der Waals surface area contributed by atoms with Crippen LogP contribution in [0.4, 0.5) is 0 Å². The van der Waals surface area contributed by atoms with Crippen LogP contribution < -0.4 is 10.1 Å². The van der Waals surface area contributed by atoms with Gasteiger partial charge in [-0.2, -0.15) is 0 Å². The summed E-state index contributed by atoms with van der Waals surface area (Å²) in [5.74, 6) is -0.423. The van der Waals surface area contributed by atoms with Crippen LogP contribution in [0.15, 0.2) is 28.7 Å². The number of aliphatic carboxylic acids is 1. The topological polar surface area (TPSA) is 75.6 Å². The molecule has 0 aromatic heterocycles. The van der Waals surface area contributed by atoms with Gasteiger partial charge in [0.2, 0.25) is 5.91 Å². The van der Waals surface area contributed by atoms with Crippen molar-refractivity contribution in [2.45, 2.75) is 37.6 Å². The fraction of sp³-hybridized carbons (Fsp3) is 0.467. The van der Waals surface area contributed by atoms with Crippen LogP contribution in [0.3, 0.4) is 0 Å². The molecule has 0 unspecified atom stereocenters. The number of carboxylic acid groups (broad SMARTS) is 1. The predicted octanol–water partition coefficient (Wildman–Crippen LogP) is 2.73. The zero-order chi connectivity index (χ0) is 15.3. The molecule has 1 amide bonds. The van der Waals surface area contributed by atoms with Crippen molar-refractivity contribution in [3.05, 3.63) is 28.7 Å². The third-order valence-electron chi connectivity index (χ3n) is 3.61. The lowest BCUT2D eigenvalue weighted by molar-refractivity contribution is -0.151. The number of nitrogens with one attached hydrogen (secondary N) is 1. The van der Waals surface area contributed by atoms with E-state index in [1.807, 2.05) is 24.3 Å². The lowest BCUT2D eigenvalue weighted by Gasteiger charge is -2.38. The second-order valence-corrected chi connectivity index (χ2v) is 6.11. The Labute approximate surface area is 131 Å². The first-order valence-corrected chi connectivity index (χ1v) is 7.74. The maximum atomic E-state index is 11.8. The first-order chi connectivity index (χ1) is 10.0. The Kier molecular flexibility index (Phi) is 5.22. The minimum Gasteiger partial charge on any atom is -0.494 e. The highest BCUT2D eigenvalue weighted by atomic mass is 79.9. The van der Waals surface area contributed by atoms with Crippen LogP contribution in [-0.2, 0) is 9.59 Å². The number of amides is 1. The smallest absolute Gasteiger partial charge is 0.329 e. The van der Waals surface area contributed by atoms with Gasteiger partial charge in [-0.25, -0.2) is 4.79 Å². The van der Waals surface area contributed by atoms with Crippen molar-refractivity contribution in [3.8, 4) is 5.75 Å². The number of carbonyl (C=O) groups excluding carboxylic acids is 1. The summed E-state index contributed by atoms with van der Waals surface area (Å²) in [6, 6.07) is 7.48. The molecule has 0 bridgehead atoms. The number of halogens is 1. The van der Waals surface area contributed by atoms with E-state index in [9.17, 15) is 9.59 Å². The van der Waals surface area contributed by atoms with Crippen LogP contribution in [0.5, 0.6) is 5.75 Å². The molecule has 21 heavy (non-hydrogen) atoms. The predicted molar refractivity (Wildman–Crippen MR) is 81.2 cm³/mol. The normalized spacial score (nSPS) is 15.9. The van der Waals surface area contributed by atoms with Gasteiger partial charge in [-0.05, 0) is 43.9 Å². The average Bonchev–Trinajstić information content (AvgIpc) is 2.39. The van der Waals surface area contributed by atoms with Crippen molar-refractivity contribution < 1.29 is 19.4 Å². The van der Waals surface area contributed by atoms with Crippen LogP contribution in [0.1, 0.15) is 32.1 Å². The molecular weight excluding hydrogens is 338 g/mol. The lowest BCUT2D eigenvalue weighted by Crippen LogP contribution is -2.59. The van der Waals surface area contributed by atoms with Gasteiger partial charge in [0.05, 0.1) is 6.61 Å². The fourth-order valence-electron chi connectivity index (χ4n) is 2.23. The monoisotopic (exact) mass is 355 g/mol. The second-order valence-electron chi connectivity index (χ2n) is 5.20. The Hall–Kier alpha value is -1.56. The van der Waals surface area contributed by atoms with Crippen molar-refractivity contribution >= 4 is 27.8 Å². The number of rotatable bonds is 7. The molecule has 0 radical (unpaired) electrons. The Bertz CT molecular complexity index is 528. The largest absolute Gasteiger partial charge is 0.494 e. The minimum atomic E-state index is -1.03. The molecule has 5 nitrogen and oxygen atoms in total. The number of ether oxygens (including phenoxy) is 1. The van der Waals surface area contributed by atoms with Gasteiger partial charge < -0.3 is 15.2 Å². The van der Waals surface area contributed by atoms with E-state index in [4.69, 9.17) is 9.84 Å². The second kappa shape index (κ2) is 6.93. The summed E-state index contributed by atoms with van der Waals surface area (Å²) < 4.78 is 6.47. The summed E-state index contributed by atoms with van der Waals surface area (Å²) in [5, 5.41) is 11.8. The van der Waals surface area contributed by atoms with E-state index in [2.05, 4.69) is 21.2 Å². The zero-order valence-corrected chi connectivity index (χ0v) is 13.2. The van der Waals surface area contributed by atoms with Crippen molar-refractivity contribution in [1.82, 2.24) is 5.32 Å². The van der Waals surface area contributed by atoms with Crippen LogP contribution in [0, 0.1) is 0 Å². The third-order valence-corrected chi connectivity index (χ3v) is 4.10. The highest BCUT2D eigenvalue weighted by molar-refractivity contribution is 9.10. The van der Waals surface area contributed by atoms with Crippen LogP contribution in [-0.4, -0.2) is 29.1 Å². The molecule has 0 saturated heterocycles. The molecule has 0 spiro atoms. The van der Waals surface area contributed by atoms with E-state index in [1.54, 1.807) is 0 Å². The molecule has 2 N–H and O–H groups in total. The van der Waals surface area contributed by atoms with Gasteiger partial charge in [-0.15, -0.1) is 0 Å². The molecule has 6 heteroatoms. The molecule has 1 aliphatic rings. The number of carboxylic acids is 1. The van der Waals surface area contributed by atoms with Crippen molar-refractivity contribution in [1.29, 1.82) is 0 Å². The van der Waals surface area contributed by atoms with Crippen molar-refractivity contribution in [2.75, 3.05) is 6.61 Å². The van der Waals surface area contributed by atoms with Gasteiger partial charge in [0.25, 0.3) is 0 Å². The SMILES string of the molecule is O=C(CCCOc1cccc(Br)c1)NC1(C(=O)O)CCC1. The summed E-state index contributed by atoms with van der Waals surface area (Å²) in [7, 11) is 0. The molecular formula is C15H18BrNO4. The van der Waals surface area contributed by atoms with Crippen LogP contribution in [0.25, 0.3) is 0 Å². The highest BCUT2D eigenvalue weighted by Gasteiger charge is 2.45. The zero-order valence-electron chi connectivity index (χ0n) is 11.6. The Morgan fingerprint density at radius 1 is 1.38 bits per heavy atom. The Balaban J connectivity index is 1.69. The lowest BCUT2D eigenvalue weighted by atomic mass is 9.76. The summed E-state index contributed by atoms with van der Waals surface area (Å²) in [6.45, 7) is 0.421. The molecule has 1 fully saturated rings. The summed E-state index contributed by atoms with van der Waals surface area (Å²) >= 11 is 3.36. The molecule has 0 atom stereocenters. The van der Waals surface area contributed by atoms with Crippen molar-refractivity contribution in [3.63, 3.8) is 0 Å². The van der Waals surface area contributed by atoms with E-state index in [0.717, 1.165) is 16.6 Å². The number of hydrogen-bond acceptors (Lipinski definition) is 3. The van der Waals surface area contributed by atoms with Crippen molar-refractivity contribution in [2.24, 2.45) is 0 Å². The van der Waals surface area contributed by atoms with Crippen LogP contribution in [0.2, 0.25) is 0 Å². The van der Waals surface area contributed by atoms with Gasteiger partial charge in [-0.1, -0.05) is 22.0 Å². The Morgan fingerprint density at radius 3 is 2.71 bits per heavy atom. The van der Waals surface area contributed by atoms with Gasteiger partial charge >= 0.3 is 5.97 Å². The van der Waals surface area contributed by atoms with Gasteiger partial charge in [-0.3, -0.25) is 4.79 Å². The molecule has 1 saturated carbocycles. The van der Waals surface area contributed by atoms with Gasteiger partial charge in [0, 0.05) is 10.9 Å². The number of benzene rings is 1. The summed E-state index contributed by atoms with van der Waals surface area (Å²) in [5.41, 5.74) is -1.03. The van der Waals surface area contributed by atoms with E-state index in [1.165, 1.54) is 0 Å². The molecule has 1 aromatic rings. The minimum absolute atomic E-state index is 0.227. The average molecular weight is 356 g/mol. The Morgan fingerprint density at radius 2 is 2.14 bits per heavy atom. The quantitative estimate of drug-likeness (QED) is 0.737. The fourth-order valence-corrected chi connectivity index (χ4v) is 2.61. The molecule has 0 aliphatic heterocycles. The van der Waals surface area contributed by atoms with Crippen LogP contribution >= 0.6 is 15.9 Å². The molecule has 0 heterocycles. The van der Waals surface area contributed by atoms with E-state index in [-0.39, 0.29) is 12.3 Å². The number of carbonyl (C=O) groups is 2. The van der Waals surface area contributed by atoms with E-state index >= 15 is 0 Å². The summed E-state index contributed by atoms with van der Waals surface area (Å²) in [6.07, 6.45) is 2.70. The molecule has 1 aromatic carbocycles.